The molecule has 53 heavy (non-hydrogen) atoms. The summed E-state index contributed by atoms with van der Waals surface area (Å²) in [6.07, 6.45) is 9.08. The van der Waals surface area contributed by atoms with Crippen LogP contribution in [0.15, 0.2) is 106 Å². The number of fused-ring (bicyclic) bond motifs is 1. The van der Waals surface area contributed by atoms with Crippen LogP contribution in [0.25, 0.3) is 11.0 Å². The zero-order chi connectivity index (χ0) is 37.0. The Balaban J connectivity index is 0.878. The topological polar surface area (TPSA) is 110 Å². The smallest absolute Gasteiger partial charge is 0.336 e. The Kier molecular flexibility index (Phi) is 13.5. The van der Waals surface area contributed by atoms with Crippen LogP contribution in [0.4, 0.5) is 0 Å². The number of methoxy groups -OCH3 is 1. The zero-order valence-electron chi connectivity index (χ0n) is 31.4. The van der Waals surface area contributed by atoms with E-state index in [2.05, 4.69) is 86.1 Å². The molecular formula is C43H53N5O5. The van der Waals surface area contributed by atoms with Crippen LogP contribution < -0.4 is 5.32 Å². The number of nitrogens with one attached hydrogen (secondary N) is 1. The van der Waals surface area contributed by atoms with Gasteiger partial charge in [-0.15, -0.1) is 0 Å². The molecule has 1 unspecified atom stereocenters. The minimum atomic E-state index is -0.733. The number of allylic oxidation sites excluding steroid dienone is 2. The highest BCUT2D eigenvalue weighted by atomic mass is 16.6. The van der Waals surface area contributed by atoms with E-state index in [9.17, 15) is 9.59 Å². The molecule has 2 aliphatic rings. The molecule has 0 radical (unpaired) electrons. The van der Waals surface area contributed by atoms with Crippen LogP contribution in [0.2, 0.25) is 0 Å². The molecular weight excluding hydrogens is 667 g/mol. The standard InChI is InChI=1S/C43H53N5O5/c1-31-37(42(49)51-3)39(35-23-18-24-36-40(35)46-53-45-36)38(32(2)44-31)43(50)52-30-17-9-7-5-4-6-8-16-25-47-26-28-48(29-27-47)41(33-19-12-10-13-20-33)34-21-14-11-15-22-34/h10-15,18-24,39,41,44H,4-9,16-17,25-30H2,1-3H3. The first-order valence-corrected chi connectivity index (χ1v) is 19.2. The lowest BCUT2D eigenvalue weighted by atomic mass is 9.80. The number of hydrogen-bond acceptors (Lipinski definition) is 10. The minimum absolute atomic E-state index is 0.308. The van der Waals surface area contributed by atoms with Crippen LogP contribution in [0.1, 0.15) is 93.9 Å². The van der Waals surface area contributed by atoms with Gasteiger partial charge in [-0.3, -0.25) is 4.90 Å². The lowest BCUT2D eigenvalue weighted by molar-refractivity contribution is -0.139. The maximum atomic E-state index is 13.6. The van der Waals surface area contributed by atoms with Crippen molar-refractivity contribution in [3.05, 3.63) is 118 Å². The first kappa shape index (κ1) is 37.9. The molecule has 1 N–H and O–H groups in total. The number of carbonyl (C=O) groups excluding carboxylic acids is 2. The van der Waals surface area contributed by atoms with Gasteiger partial charge in [0.15, 0.2) is 0 Å². The number of esters is 2. The molecule has 1 atom stereocenters. The number of piperazine rings is 1. The Bertz CT molecular complexity index is 1820. The third kappa shape index (κ3) is 9.42. The van der Waals surface area contributed by atoms with Crippen molar-refractivity contribution < 1.29 is 23.7 Å². The third-order valence-corrected chi connectivity index (χ3v) is 10.6. The van der Waals surface area contributed by atoms with Crippen molar-refractivity contribution in [2.24, 2.45) is 0 Å². The number of benzene rings is 3. The highest BCUT2D eigenvalue weighted by molar-refractivity contribution is 6.01. The van der Waals surface area contributed by atoms with Crippen molar-refractivity contribution >= 4 is 23.0 Å². The zero-order valence-corrected chi connectivity index (χ0v) is 31.4. The molecule has 0 amide bonds. The molecule has 2 aliphatic heterocycles. The van der Waals surface area contributed by atoms with Gasteiger partial charge in [0.05, 0.1) is 36.8 Å². The van der Waals surface area contributed by atoms with Crippen LogP contribution in [-0.4, -0.2) is 78.5 Å². The fourth-order valence-electron chi connectivity index (χ4n) is 7.89. The fourth-order valence-corrected chi connectivity index (χ4v) is 7.89. The number of aromatic nitrogens is 2. The van der Waals surface area contributed by atoms with Gasteiger partial charge in [-0.1, -0.05) is 111 Å². The summed E-state index contributed by atoms with van der Waals surface area (Å²) in [6, 6.07) is 27.5. The Morgan fingerprint density at radius 1 is 0.736 bits per heavy atom. The van der Waals surface area contributed by atoms with Crippen LogP contribution in [0.3, 0.4) is 0 Å². The predicted molar refractivity (Wildman–Crippen MR) is 206 cm³/mol. The Morgan fingerprint density at radius 3 is 1.94 bits per heavy atom. The molecule has 1 saturated heterocycles. The average Bonchev–Trinajstić information content (AvgIpc) is 3.67. The lowest BCUT2D eigenvalue weighted by Gasteiger charge is -2.39. The Labute approximate surface area is 313 Å². The number of hydrogen-bond donors (Lipinski definition) is 1. The quantitative estimate of drug-likeness (QED) is 0.0861. The molecule has 0 saturated carbocycles. The van der Waals surface area contributed by atoms with Crippen molar-refractivity contribution in [1.29, 1.82) is 0 Å². The Hall–Kier alpha value is -4.80. The van der Waals surface area contributed by atoms with Crippen LogP contribution in [-0.2, 0) is 19.1 Å². The van der Waals surface area contributed by atoms with E-state index in [1.165, 1.54) is 56.9 Å². The minimum Gasteiger partial charge on any atom is -0.466 e. The summed E-state index contributed by atoms with van der Waals surface area (Å²) >= 11 is 0. The lowest BCUT2D eigenvalue weighted by Crippen LogP contribution is -2.48. The number of unbranched alkanes of at least 4 members (excludes halogenated alkanes) is 7. The largest absolute Gasteiger partial charge is 0.466 e. The molecule has 0 aliphatic carbocycles. The first-order valence-electron chi connectivity index (χ1n) is 19.2. The van der Waals surface area contributed by atoms with Gasteiger partial charge < -0.3 is 19.7 Å². The van der Waals surface area contributed by atoms with E-state index in [4.69, 9.17) is 14.1 Å². The molecule has 1 fully saturated rings. The van der Waals surface area contributed by atoms with Gasteiger partial charge in [-0.05, 0) is 66.3 Å². The average molecular weight is 720 g/mol. The molecule has 1 aromatic heterocycles. The van der Waals surface area contributed by atoms with Crippen molar-refractivity contribution in [2.75, 3.05) is 46.4 Å². The summed E-state index contributed by atoms with van der Waals surface area (Å²) in [4.78, 5) is 31.8. The van der Waals surface area contributed by atoms with Crippen molar-refractivity contribution in [3.8, 4) is 0 Å². The van der Waals surface area contributed by atoms with Crippen molar-refractivity contribution in [3.63, 3.8) is 0 Å². The second kappa shape index (κ2) is 18.8. The van der Waals surface area contributed by atoms with Crippen molar-refractivity contribution in [1.82, 2.24) is 25.4 Å². The van der Waals surface area contributed by atoms with Gasteiger partial charge in [0, 0.05) is 37.6 Å². The number of carbonyl (C=O) groups is 2. The highest BCUT2D eigenvalue weighted by Gasteiger charge is 2.39. The monoisotopic (exact) mass is 719 g/mol. The van der Waals surface area contributed by atoms with Crippen molar-refractivity contribution in [2.45, 2.75) is 77.2 Å². The normalized spacial score (nSPS) is 17.0. The number of nitrogens with zero attached hydrogens (tertiary/aromatic N) is 4. The summed E-state index contributed by atoms with van der Waals surface area (Å²) in [5.41, 5.74) is 6.32. The van der Waals surface area contributed by atoms with Gasteiger partial charge in [-0.25, -0.2) is 14.2 Å². The second-order valence-corrected chi connectivity index (χ2v) is 14.2. The molecule has 0 spiro atoms. The van der Waals surface area contributed by atoms with E-state index in [0.717, 1.165) is 45.4 Å². The van der Waals surface area contributed by atoms with E-state index < -0.39 is 17.9 Å². The van der Waals surface area contributed by atoms with Gasteiger partial charge in [0.1, 0.15) is 11.0 Å². The number of ether oxygens (including phenoxy) is 2. The molecule has 10 heteroatoms. The molecule has 3 heterocycles. The SMILES string of the molecule is COC(=O)C1=C(C)NC(C)=C(C(=O)OCCCCCCCCCCN2CCN(C(c3ccccc3)c3ccccc3)CC2)C1c1cccc2nonc12. The molecule has 10 nitrogen and oxygen atoms in total. The van der Waals surface area contributed by atoms with E-state index in [1.807, 2.05) is 19.1 Å². The molecule has 0 bridgehead atoms. The molecule has 3 aromatic carbocycles. The van der Waals surface area contributed by atoms with E-state index in [-0.39, 0.29) is 0 Å². The summed E-state index contributed by atoms with van der Waals surface area (Å²) in [5.74, 6) is -1.72. The van der Waals surface area contributed by atoms with Crippen LogP contribution in [0.5, 0.6) is 0 Å². The van der Waals surface area contributed by atoms with Gasteiger partial charge in [0.25, 0.3) is 0 Å². The van der Waals surface area contributed by atoms with E-state index in [0.29, 0.717) is 51.8 Å². The fraction of sp³-hybridized carbons (Fsp3) is 0.442. The molecule has 6 rings (SSSR count). The molecule has 4 aromatic rings. The van der Waals surface area contributed by atoms with E-state index >= 15 is 0 Å². The van der Waals surface area contributed by atoms with Crippen LogP contribution >= 0.6 is 0 Å². The third-order valence-electron chi connectivity index (χ3n) is 10.6. The molecule has 280 valence electrons. The number of rotatable bonds is 17. The maximum absolute atomic E-state index is 13.6. The van der Waals surface area contributed by atoms with Gasteiger partial charge in [-0.2, -0.15) is 0 Å². The van der Waals surface area contributed by atoms with Gasteiger partial charge in [0.2, 0.25) is 0 Å². The summed E-state index contributed by atoms with van der Waals surface area (Å²) in [7, 11) is 1.33. The summed E-state index contributed by atoms with van der Waals surface area (Å²) < 4.78 is 15.9. The Morgan fingerprint density at radius 2 is 1.32 bits per heavy atom. The van der Waals surface area contributed by atoms with Gasteiger partial charge >= 0.3 is 11.9 Å². The maximum Gasteiger partial charge on any atom is 0.336 e. The summed E-state index contributed by atoms with van der Waals surface area (Å²) in [5, 5.41) is 11.2. The summed E-state index contributed by atoms with van der Waals surface area (Å²) in [6.45, 7) is 9.51. The number of dihydropyridines is 1. The first-order chi connectivity index (χ1) is 26.0. The second-order valence-electron chi connectivity index (χ2n) is 14.2. The highest BCUT2D eigenvalue weighted by Crippen LogP contribution is 2.41. The van der Waals surface area contributed by atoms with Crippen LogP contribution in [0, 0.1) is 0 Å². The predicted octanol–water partition coefficient (Wildman–Crippen LogP) is 7.70. The van der Waals surface area contributed by atoms with E-state index in [1.54, 1.807) is 13.0 Å².